The SMILES string of the molecule is [2H]C([2H])([2H])C([2H])(C([2H])([2H])[2H])C([2H])([2H])N(C[C@@H](O)[C@H](Cc1ccccc1)NC(=O)O[C@]1([2H])[C@@H]2CCO[C@@H]2OC1([2H])[2H])S(=O)(=O)c1ccc2c(c1)OC([2H])([2H])C2([2H])[2H]. The first-order chi connectivity index (χ1) is 25.3. The standard InChI is InChI=1S/C29H38N2O8S/c1-19(2)16-31(40(34,35)22-9-8-21-10-12-36-26(21)15-22)17-25(32)24(14-20-6-4-3-5-7-20)30-29(33)39-27-18-38-28-23(27)11-13-37-28/h3-9,15,19,23-25,27-28,32H,10-14,16-18H2,1-2H3,(H,30,33)/t23-,24-,25+,27-,28+/m0/s1/i1D3,2D3,10D2,12D2,16D2,18D2,19D,27D. The first kappa shape index (κ1) is 15.0. The summed E-state index contributed by atoms with van der Waals surface area (Å²) in [5.74, 6) is -6.03. The van der Waals surface area contributed by atoms with Crippen LogP contribution in [-0.2, 0) is 37.0 Å². The van der Waals surface area contributed by atoms with Crippen molar-refractivity contribution in [2.24, 2.45) is 11.8 Å². The summed E-state index contributed by atoms with van der Waals surface area (Å²) in [4.78, 5) is 12.4. The summed E-state index contributed by atoms with van der Waals surface area (Å²) in [5, 5.41) is 14.0. The van der Waals surface area contributed by atoms with Gasteiger partial charge in [-0.3, -0.25) is 0 Å². The number of aryl methyl sites for hydroxylation is 1. The van der Waals surface area contributed by atoms with E-state index in [0.29, 0.717) is 17.7 Å². The molecule has 5 atom stereocenters. The van der Waals surface area contributed by atoms with Crippen molar-refractivity contribution in [1.29, 1.82) is 0 Å². The van der Waals surface area contributed by atoms with Crippen molar-refractivity contribution in [2.75, 3.05) is 32.8 Å². The molecule has 3 heterocycles. The third-order valence-electron chi connectivity index (χ3n) is 6.40. The summed E-state index contributed by atoms with van der Waals surface area (Å²) >= 11 is 0. The molecule has 2 N–H and O–H groups in total. The Hall–Kier alpha value is -2.70. The van der Waals surface area contributed by atoms with E-state index in [1.54, 1.807) is 18.2 Å². The molecule has 0 aromatic heterocycles. The Kier molecular flexibility index (Phi) is 4.66. The lowest BCUT2D eigenvalue weighted by molar-refractivity contribution is -0.0907. The number of fused-ring (bicyclic) bond motifs is 2. The molecule has 2 saturated heterocycles. The van der Waals surface area contributed by atoms with Crippen molar-refractivity contribution in [3.05, 3.63) is 59.7 Å². The van der Waals surface area contributed by atoms with Crippen molar-refractivity contribution in [2.45, 2.75) is 62.3 Å². The molecule has 0 radical (unpaired) electrons. The molecule has 10 nitrogen and oxygen atoms in total. The van der Waals surface area contributed by atoms with Crippen LogP contribution in [0, 0.1) is 11.8 Å². The highest BCUT2D eigenvalue weighted by Gasteiger charge is 2.44. The van der Waals surface area contributed by atoms with E-state index in [1.807, 2.05) is 0 Å². The predicted octanol–water partition coefficient (Wildman–Crippen LogP) is 2.73. The summed E-state index contributed by atoms with van der Waals surface area (Å²) in [7, 11) is -5.64. The Bertz CT molecular complexity index is 1900. The fourth-order valence-electron chi connectivity index (χ4n) is 4.39. The van der Waals surface area contributed by atoms with E-state index in [1.165, 1.54) is 12.1 Å². The molecule has 218 valence electrons. The van der Waals surface area contributed by atoms with E-state index in [9.17, 15) is 18.3 Å². The minimum atomic E-state index is -5.64. The number of rotatable bonds is 11. The summed E-state index contributed by atoms with van der Waals surface area (Å²) in [5.41, 5.74) is -0.0982. The zero-order chi connectivity index (χ0) is 42.3. The Morgan fingerprint density at radius 3 is 2.95 bits per heavy atom. The van der Waals surface area contributed by atoms with Gasteiger partial charge in [-0.25, -0.2) is 13.2 Å². The fraction of sp³-hybridized carbons (Fsp3) is 0.552. The molecule has 3 aliphatic heterocycles. The maximum atomic E-state index is 14.5. The van der Waals surface area contributed by atoms with Crippen LogP contribution in [0.1, 0.15) is 53.2 Å². The van der Waals surface area contributed by atoms with Crippen molar-refractivity contribution >= 4 is 16.1 Å². The molecule has 1 amide bonds. The molecule has 0 saturated carbocycles. The lowest BCUT2D eigenvalue weighted by Gasteiger charge is -2.31. The highest BCUT2D eigenvalue weighted by atomic mass is 32.2. The van der Waals surface area contributed by atoms with Crippen LogP contribution in [0.4, 0.5) is 4.79 Å². The van der Waals surface area contributed by atoms with E-state index in [-0.39, 0.29) is 13.0 Å². The second-order valence-corrected chi connectivity index (χ2v) is 11.0. The van der Waals surface area contributed by atoms with Crippen LogP contribution >= 0.6 is 0 Å². The number of sulfonamides is 1. The summed E-state index contributed by atoms with van der Waals surface area (Å²) in [6.07, 6.45) is -10.9. The Morgan fingerprint density at radius 1 is 1.32 bits per heavy atom. The van der Waals surface area contributed by atoms with Gasteiger partial charge in [0.15, 0.2) is 6.29 Å². The van der Waals surface area contributed by atoms with Gasteiger partial charge in [-0.15, -0.1) is 0 Å². The van der Waals surface area contributed by atoms with Gasteiger partial charge >= 0.3 is 6.09 Å². The maximum absolute atomic E-state index is 14.5. The average Bonchev–Trinajstić information content (AvgIpc) is 3.65. The van der Waals surface area contributed by atoms with Gasteiger partial charge in [-0.05, 0) is 35.9 Å². The number of amides is 1. The lowest BCUT2D eigenvalue weighted by atomic mass is 10.0. The van der Waals surface area contributed by atoms with E-state index in [4.69, 9.17) is 40.9 Å². The number of aliphatic hydroxyl groups excluding tert-OH is 1. The van der Waals surface area contributed by atoms with Crippen LogP contribution < -0.4 is 10.1 Å². The number of hydrogen-bond acceptors (Lipinski definition) is 8. The van der Waals surface area contributed by atoms with Gasteiger partial charge < -0.3 is 29.4 Å². The van der Waals surface area contributed by atoms with Crippen LogP contribution in [-0.4, -0.2) is 81.2 Å². The summed E-state index contributed by atoms with van der Waals surface area (Å²) in [6.45, 7) is -19.9. The first-order valence-electron chi connectivity index (χ1n) is 20.2. The number of aliphatic hydroxyl groups is 1. The minimum Gasteiger partial charge on any atom is -0.493 e. The van der Waals surface area contributed by atoms with Crippen LogP contribution in [0.25, 0.3) is 0 Å². The molecular formula is C29H38N2O8S. The molecule has 0 aliphatic carbocycles. The van der Waals surface area contributed by atoms with Gasteiger partial charge in [0.25, 0.3) is 0 Å². The number of carbonyl (C=O) groups excluding carboxylic acids is 1. The molecule has 5 rings (SSSR count). The number of carbonyl (C=O) groups is 1. The molecule has 0 unspecified atom stereocenters. The van der Waals surface area contributed by atoms with Crippen molar-refractivity contribution in [3.8, 4) is 5.75 Å². The first-order valence-corrected chi connectivity index (χ1v) is 13.7. The molecule has 2 aromatic rings. The van der Waals surface area contributed by atoms with E-state index >= 15 is 0 Å². The molecular weight excluding hydrogens is 536 g/mol. The van der Waals surface area contributed by atoms with Crippen molar-refractivity contribution < 1.29 is 59.2 Å². The Labute approximate surface area is 258 Å². The zero-order valence-corrected chi connectivity index (χ0v) is 21.7. The quantitative estimate of drug-likeness (QED) is 0.410. The van der Waals surface area contributed by atoms with Crippen molar-refractivity contribution in [3.63, 3.8) is 0 Å². The molecule has 2 fully saturated rings. The normalized spacial score (nSPS) is 36.2. The van der Waals surface area contributed by atoms with E-state index in [0.717, 1.165) is 6.07 Å². The third-order valence-corrected chi connectivity index (χ3v) is 8.07. The highest BCUT2D eigenvalue weighted by molar-refractivity contribution is 7.89. The largest absolute Gasteiger partial charge is 0.493 e. The van der Waals surface area contributed by atoms with Gasteiger partial charge in [0.05, 0.1) is 49.5 Å². The van der Waals surface area contributed by atoms with Gasteiger partial charge in [-0.2, -0.15) is 4.31 Å². The molecule has 3 aliphatic rings. The van der Waals surface area contributed by atoms with Gasteiger partial charge in [0.1, 0.15) is 11.8 Å². The summed E-state index contributed by atoms with van der Waals surface area (Å²) in [6, 6.07) is 8.07. The number of ether oxygens (including phenoxy) is 4. The second kappa shape index (κ2) is 12.4. The minimum absolute atomic E-state index is 0.0548. The molecule has 0 bridgehead atoms. The number of nitrogens with zero attached hydrogens (tertiary/aromatic N) is 1. The lowest BCUT2D eigenvalue weighted by Crippen LogP contribution is -2.51. The zero-order valence-electron chi connectivity index (χ0n) is 36.9. The van der Waals surface area contributed by atoms with Crippen LogP contribution in [0.3, 0.4) is 0 Å². The Balaban J connectivity index is 1.59. The average molecular weight is 591 g/mol. The third kappa shape index (κ3) is 6.60. The molecule has 0 spiro atoms. The smallest absolute Gasteiger partial charge is 0.407 e. The van der Waals surface area contributed by atoms with E-state index in [2.05, 4.69) is 5.32 Å². The fourth-order valence-corrected chi connectivity index (χ4v) is 5.70. The Morgan fingerprint density at radius 2 is 2.15 bits per heavy atom. The van der Waals surface area contributed by atoms with Gasteiger partial charge in [0, 0.05) is 40.6 Å². The number of alkyl carbamates (subject to hydrolysis) is 1. The number of hydrogen-bond donors (Lipinski definition) is 2. The monoisotopic (exact) mass is 590 g/mol. The van der Waals surface area contributed by atoms with Crippen molar-refractivity contribution in [1.82, 2.24) is 9.62 Å². The van der Waals surface area contributed by atoms with Gasteiger partial charge in [-0.1, -0.05) is 50.1 Å². The maximum Gasteiger partial charge on any atom is 0.407 e. The van der Waals surface area contributed by atoms with Crippen LogP contribution in [0.15, 0.2) is 53.4 Å². The topological polar surface area (TPSA) is 124 Å². The highest BCUT2D eigenvalue weighted by Crippen LogP contribution is 2.33. The van der Waals surface area contributed by atoms with Crippen LogP contribution in [0.5, 0.6) is 5.75 Å². The number of benzene rings is 2. The summed E-state index contributed by atoms with van der Waals surface area (Å²) < 4.78 is 180. The van der Waals surface area contributed by atoms with Gasteiger partial charge in [0.2, 0.25) is 10.0 Å². The van der Waals surface area contributed by atoms with E-state index < -0.39 is 126 Å². The predicted molar refractivity (Wildman–Crippen MR) is 146 cm³/mol. The van der Waals surface area contributed by atoms with Crippen LogP contribution in [0.2, 0.25) is 0 Å². The second-order valence-electron chi connectivity index (χ2n) is 9.13. The molecule has 11 heteroatoms. The molecule has 2 aromatic carbocycles. The molecule has 40 heavy (non-hydrogen) atoms. The number of nitrogens with one attached hydrogen (secondary N) is 1.